The van der Waals surface area contributed by atoms with Crippen LogP contribution in [0.2, 0.25) is 0 Å². The number of aryl methyl sites for hydroxylation is 1. The van der Waals surface area contributed by atoms with E-state index in [9.17, 15) is 22.5 Å². The fourth-order valence-electron chi connectivity index (χ4n) is 3.17. The van der Waals surface area contributed by atoms with Crippen LogP contribution in [0, 0.1) is 29.9 Å². The van der Waals surface area contributed by atoms with E-state index >= 15 is 0 Å². The third kappa shape index (κ3) is 3.86. The molecule has 1 aliphatic rings. The molecule has 1 heterocycles. The fourth-order valence-corrected chi connectivity index (χ4v) is 4.68. The lowest BCUT2D eigenvalue weighted by molar-refractivity contribution is 0.160. The molecule has 8 heteroatoms. The Bertz CT molecular complexity index is 981. The second kappa shape index (κ2) is 7.72. The molecule has 0 saturated carbocycles. The first-order valence-electron chi connectivity index (χ1n) is 8.49. The molecule has 1 fully saturated rings. The van der Waals surface area contributed by atoms with Crippen LogP contribution in [-0.4, -0.2) is 43.8 Å². The second-order valence-electron chi connectivity index (χ2n) is 6.40. The van der Waals surface area contributed by atoms with Gasteiger partial charge in [-0.2, -0.15) is 9.57 Å². The van der Waals surface area contributed by atoms with Crippen molar-refractivity contribution < 1.29 is 17.2 Å². The van der Waals surface area contributed by atoms with Crippen LogP contribution in [0.25, 0.3) is 0 Å². The molecule has 27 heavy (non-hydrogen) atoms. The molecule has 0 spiro atoms. The van der Waals surface area contributed by atoms with Crippen molar-refractivity contribution in [3.63, 3.8) is 0 Å². The first-order chi connectivity index (χ1) is 12.8. The first kappa shape index (κ1) is 19.4. The molecule has 0 aliphatic carbocycles. The molecular formula is C19H19F2N3O2S. The van der Waals surface area contributed by atoms with Crippen LogP contribution in [0.1, 0.15) is 17.2 Å². The lowest BCUT2D eigenvalue weighted by atomic mass is 10.1. The number of nitriles is 1. The maximum Gasteiger partial charge on any atom is 0.243 e. The van der Waals surface area contributed by atoms with Gasteiger partial charge in [0.1, 0.15) is 17.7 Å². The van der Waals surface area contributed by atoms with E-state index in [1.54, 1.807) is 23.1 Å². The molecule has 2 aromatic carbocycles. The predicted octanol–water partition coefficient (Wildman–Crippen LogP) is 2.84. The topological polar surface area (TPSA) is 64.4 Å². The van der Waals surface area contributed by atoms with E-state index in [0.29, 0.717) is 13.1 Å². The zero-order valence-electron chi connectivity index (χ0n) is 14.8. The highest BCUT2D eigenvalue weighted by Gasteiger charge is 2.32. The molecule has 0 radical (unpaired) electrons. The van der Waals surface area contributed by atoms with Gasteiger partial charge in [0.25, 0.3) is 0 Å². The standard InChI is InChI=1S/C19H19F2N3O2S/c1-14-12-15(6-7-17(14)20)27(25,26)24-10-8-23(9-11-24)19(13-22)16-4-2-3-5-18(16)21/h2-7,12,19H,8-11H2,1H3. The highest BCUT2D eigenvalue weighted by atomic mass is 32.2. The van der Waals surface area contributed by atoms with E-state index in [0.717, 1.165) is 6.07 Å². The summed E-state index contributed by atoms with van der Waals surface area (Å²) in [5.41, 5.74) is 0.546. The lowest BCUT2D eigenvalue weighted by Gasteiger charge is -2.36. The van der Waals surface area contributed by atoms with Gasteiger partial charge in [0.2, 0.25) is 10.0 Å². The van der Waals surface area contributed by atoms with Crippen molar-refractivity contribution in [3.05, 3.63) is 65.2 Å². The Morgan fingerprint density at radius 1 is 1.04 bits per heavy atom. The van der Waals surface area contributed by atoms with Gasteiger partial charge < -0.3 is 0 Å². The van der Waals surface area contributed by atoms with Gasteiger partial charge in [-0.1, -0.05) is 18.2 Å². The Hall–Kier alpha value is -2.34. The Morgan fingerprint density at radius 2 is 1.70 bits per heavy atom. The largest absolute Gasteiger partial charge is 0.282 e. The summed E-state index contributed by atoms with van der Waals surface area (Å²) < 4.78 is 54.3. The molecule has 1 unspecified atom stereocenters. The van der Waals surface area contributed by atoms with Crippen LogP contribution in [0.4, 0.5) is 8.78 Å². The van der Waals surface area contributed by atoms with Crippen LogP contribution in [0.3, 0.4) is 0 Å². The molecule has 1 aliphatic heterocycles. The van der Waals surface area contributed by atoms with E-state index in [-0.39, 0.29) is 29.1 Å². The number of sulfonamides is 1. The van der Waals surface area contributed by atoms with Gasteiger partial charge in [0, 0.05) is 31.7 Å². The summed E-state index contributed by atoms with van der Waals surface area (Å²) in [6.45, 7) is 2.45. The normalized spacial score (nSPS) is 17.4. The third-order valence-corrected chi connectivity index (χ3v) is 6.62. The van der Waals surface area contributed by atoms with Gasteiger partial charge in [-0.25, -0.2) is 17.2 Å². The zero-order chi connectivity index (χ0) is 19.6. The maximum atomic E-state index is 14.0. The van der Waals surface area contributed by atoms with Crippen molar-refractivity contribution in [2.75, 3.05) is 26.2 Å². The van der Waals surface area contributed by atoms with E-state index in [4.69, 9.17) is 0 Å². The van der Waals surface area contributed by atoms with Gasteiger partial charge in [0.05, 0.1) is 11.0 Å². The van der Waals surface area contributed by atoms with Crippen molar-refractivity contribution >= 4 is 10.0 Å². The SMILES string of the molecule is Cc1cc(S(=O)(=O)N2CCN(C(C#N)c3ccccc3F)CC2)ccc1F. The van der Waals surface area contributed by atoms with E-state index in [1.807, 2.05) is 0 Å². The molecule has 5 nitrogen and oxygen atoms in total. The molecule has 0 bridgehead atoms. The van der Waals surface area contributed by atoms with Crippen LogP contribution in [0.15, 0.2) is 47.4 Å². The van der Waals surface area contributed by atoms with Gasteiger partial charge in [0.15, 0.2) is 0 Å². The third-order valence-electron chi connectivity index (χ3n) is 4.73. The minimum atomic E-state index is -3.75. The Balaban J connectivity index is 1.75. The summed E-state index contributed by atoms with van der Waals surface area (Å²) in [5.74, 6) is -0.915. The number of piperazine rings is 1. The number of halogens is 2. The Kier molecular flexibility index (Phi) is 5.56. The highest BCUT2D eigenvalue weighted by Crippen LogP contribution is 2.26. The molecule has 0 aromatic heterocycles. The monoisotopic (exact) mass is 391 g/mol. The summed E-state index contributed by atoms with van der Waals surface area (Å²) in [5, 5.41) is 9.49. The van der Waals surface area contributed by atoms with Gasteiger partial charge >= 0.3 is 0 Å². The van der Waals surface area contributed by atoms with E-state index < -0.39 is 27.7 Å². The molecule has 0 amide bonds. The van der Waals surface area contributed by atoms with Crippen molar-refractivity contribution in [2.24, 2.45) is 0 Å². The van der Waals surface area contributed by atoms with E-state index in [1.165, 1.54) is 29.4 Å². The number of hydrogen-bond donors (Lipinski definition) is 0. The Morgan fingerprint density at radius 3 is 2.30 bits per heavy atom. The van der Waals surface area contributed by atoms with Crippen LogP contribution in [0.5, 0.6) is 0 Å². The average Bonchev–Trinajstić information content (AvgIpc) is 2.66. The number of rotatable bonds is 4. The summed E-state index contributed by atoms with van der Waals surface area (Å²) in [4.78, 5) is 1.81. The molecule has 3 rings (SSSR count). The van der Waals surface area contributed by atoms with Gasteiger partial charge in [-0.05, 0) is 36.8 Å². The van der Waals surface area contributed by atoms with Crippen molar-refractivity contribution in [2.45, 2.75) is 17.9 Å². The van der Waals surface area contributed by atoms with Crippen molar-refractivity contribution in [1.29, 1.82) is 5.26 Å². The summed E-state index contributed by atoms with van der Waals surface area (Å²) in [6, 6.07) is 11.1. The van der Waals surface area contributed by atoms with Crippen LogP contribution < -0.4 is 0 Å². The minimum Gasteiger partial charge on any atom is -0.282 e. The lowest BCUT2D eigenvalue weighted by Crippen LogP contribution is -2.49. The minimum absolute atomic E-state index is 0.0424. The quantitative estimate of drug-likeness (QED) is 0.804. The number of nitrogens with zero attached hydrogens (tertiary/aromatic N) is 3. The van der Waals surface area contributed by atoms with Crippen LogP contribution >= 0.6 is 0 Å². The van der Waals surface area contributed by atoms with Crippen molar-refractivity contribution in [3.8, 4) is 6.07 Å². The molecule has 2 aromatic rings. The Labute approximate surface area is 157 Å². The number of hydrogen-bond acceptors (Lipinski definition) is 4. The molecule has 0 N–H and O–H groups in total. The maximum absolute atomic E-state index is 14.0. The number of benzene rings is 2. The first-order valence-corrected chi connectivity index (χ1v) is 9.93. The highest BCUT2D eigenvalue weighted by molar-refractivity contribution is 7.89. The summed E-state index contributed by atoms with van der Waals surface area (Å²) in [6.07, 6.45) is 0. The van der Waals surface area contributed by atoms with Gasteiger partial charge in [-0.3, -0.25) is 4.90 Å². The fraction of sp³-hybridized carbons (Fsp3) is 0.316. The van der Waals surface area contributed by atoms with E-state index in [2.05, 4.69) is 6.07 Å². The molecular weight excluding hydrogens is 372 g/mol. The van der Waals surface area contributed by atoms with Gasteiger partial charge in [-0.15, -0.1) is 0 Å². The smallest absolute Gasteiger partial charge is 0.243 e. The molecule has 1 saturated heterocycles. The average molecular weight is 391 g/mol. The van der Waals surface area contributed by atoms with Crippen molar-refractivity contribution in [1.82, 2.24) is 9.21 Å². The molecule has 142 valence electrons. The summed E-state index contributed by atoms with van der Waals surface area (Å²) >= 11 is 0. The summed E-state index contributed by atoms with van der Waals surface area (Å²) in [7, 11) is -3.75. The van der Waals surface area contributed by atoms with Crippen LogP contribution in [-0.2, 0) is 10.0 Å². The predicted molar refractivity (Wildman–Crippen MR) is 96.2 cm³/mol. The zero-order valence-corrected chi connectivity index (χ0v) is 15.6. The second-order valence-corrected chi connectivity index (χ2v) is 8.34. The molecule has 1 atom stereocenters.